The maximum atomic E-state index is 13.5. The second kappa shape index (κ2) is 10.8. The molecule has 4 rings (SSSR count). The highest BCUT2D eigenvalue weighted by Crippen LogP contribution is 2.38. The van der Waals surface area contributed by atoms with Gasteiger partial charge in [0.15, 0.2) is 9.84 Å². The van der Waals surface area contributed by atoms with Crippen molar-refractivity contribution < 1.29 is 49.1 Å². The van der Waals surface area contributed by atoms with Crippen LogP contribution in [0.15, 0.2) is 47.5 Å². The number of fused-ring (bicyclic) bond motifs is 1. The Labute approximate surface area is 232 Å². The van der Waals surface area contributed by atoms with Gasteiger partial charge in [0.1, 0.15) is 11.8 Å². The summed E-state index contributed by atoms with van der Waals surface area (Å²) in [6, 6.07) is 5.81. The molecule has 9 nitrogen and oxygen atoms in total. The molecule has 0 saturated carbocycles. The van der Waals surface area contributed by atoms with E-state index in [1.165, 1.54) is 35.2 Å². The minimum atomic E-state index is -5.04. The largest absolute Gasteiger partial charge is 0.416 e. The number of nitrogens with zero attached hydrogens (tertiary/aromatic N) is 3. The van der Waals surface area contributed by atoms with Gasteiger partial charge in [-0.25, -0.2) is 8.42 Å². The fraction of sp³-hybridized carbons (Fsp3) is 0.250. The highest BCUT2D eigenvalue weighted by molar-refractivity contribution is 8.18. The smallest absolute Gasteiger partial charge is 0.342 e. The molecule has 0 spiro atoms. The van der Waals surface area contributed by atoms with Crippen LogP contribution in [0.5, 0.6) is 0 Å². The average molecular weight is 621 g/mol. The number of hydrogen-bond acceptors (Lipinski definition) is 7. The van der Waals surface area contributed by atoms with Gasteiger partial charge in [0, 0.05) is 12.3 Å². The zero-order valence-electron chi connectivity index (χ0n) is 20.7. The fourth-order valence-electron chi connectivity index (χ4n) is 3.85. The first kappa shape index (κ1) is 30.1. The highest BCUT2D eigenvalue weighted by Gasteiger charge is 2.39. The predicted molar refractivity (Wildman–Crippen MR) is 136 cm³/mol. The van der Waals surface area contributed by atoms with Gasteiger partial charge in [0.25, 0.3) is 11.1 Å². The quantitative estimate of drug-likeness (QED) is 0.303. The number of hydrogen-bond donors (Lipinski definition) is 1. The average Bonchev–Trinajstić information content (AvgIpc) is 3.36. The number of halogens is 6. The number of nitrogens with one attached hydrogen (secondary N) is 1. The van der Waals surface area contributed by atoms with E-state index < -0.39 is 74.2 Å². The van der Waals surface area contributed by atoms with Crippen molar-refractivity contribution in [2.45, 2.75) is 25.8 Å². The molecular formula is C24H18F6N4O5S2. The molecule has 1 aromatic heterocycles. The number of amides is 3. The molecule has 1 saturated heterocycles. The SMILES string of the molecule is CC(=O)NCS(=O)(=O)CN1C(=O)S/C(=C\c2ccc3c(cnn3Cc3ccc(C(F)(F)F)cc3C(F)(F)F)c2)C1=O. The Morgan fingerprint density at radius 1 is 1.05 bits per heavy atom. The normalized spacial score (nSPS) is 15.8. The second-order valence-electron chi connectivity index (χ2n) is 8.85. The van der Waals surface area contributed by atoms with Gasteiger partial charge in [-0.3, -0.25) is 24.0 Å². The maximum Gasteiger partial charge on any atom is 0.416 e. The standard InChI is InChI=1S/C24H18F6N4O5S2/c1-13(35)31-11-41(38,39)12-33-21(36)20(40-22(33)37)7-14-2-5-19-16(6-14)9-32-34(19)10-15-3-4-17(23(25,26)27)8-18(15)24(28,29)30/h2-9H,10-12H2,1H3,(H,31,35)/b20-7-. The van der Waals surface area contributed by atoms with E-state index in [4.69, 9.17) is 0 Å². The molecule has 41 heavy (non-hydrogen) atoms. The van der Waals surface area contributed by atoms with Crippen LogP contribution in [0.3, 0.4) is 0 Å². The molecule has 0 unspecified atom stereocenters. The molecule has 218 valence electrons. The number of imide groups is 1. The van der Waals surface area contributed by atoms with Gasteiger partial charge < -0.3 is 5.32 Å². The molecule has 1 aliphatic rings. The molecule has 1 fully saturated rings. The zero-order valence-corrected chi connectivity index (χ0v) is 22.3. The molecule has 17 heteroatoms. The monoisotopic (exact) mass is 620 g/mol. The second-order valence-corrected chi connectivity index (χ2v) is 11.9. The molecule has 3 amide bonds. The molecule has 2 heterocycles. The van der Waals surface area contributed by atoms with Crippen LogP contribution in [0, 0.1) is 0 Å². The Morgan fingerprint density at radius 2 is 1.76 bits per heavy atom. The fourth-order valence-corrected chi connectivity index (χ4v) is 5.92. The number of benzene rings is 2. The molecule has 0 bridgehead atoms. The molecule has 1 aliphatic heterocycles. The summed E-state index contributed by atoms with van der Waals surface area (Å²) in [5.41, 5.74) is -2.58. The number of carbonyl (C=O) groups excluding carboxylic acids is 3. The zero-order chi connectivity index (χ0) is 30.3. The van der Waals surface area contributed by atoms with Gasteiger partial charge in [-0.2, -0.15) is 31.4 Å². The van der Waals surface area contributed by atoms with E-state index in [9.17, 15) is 49.1 Å². The van der Waals surface area contributed by atoms with Gasteiger partial charge in [0.2, 0.25) is 5.91 Å². The third kappa shape index (κ3) is 6.90. The maximum absolute atomic E-state index is 13.5. The van der Waals surface area contributed by atoms with Crippen LogP contribution in [0.1, 0.15) is 29.2 Å². The van der Waals surface area contributed by atoms with Gasteiger partial charge >= 0.3 is 12.4 Å². The highest BCUT2D eigenvalue weighted by atomic mass is 32.2. The van der Waals surface area contributed by atoms with Crippen molar-refractivity contribution >= 4 is 55.6 Å². The number of aromatic nitrogens is 2. The molecular weight excluding hydrogens is 602 g/mol. The molecule has 2 aromatic carbocycles. The van der Waals surface area contributed by atoms with E-state index in [-0.39, 0.29) is 11.0 Å². The molecule has 0 aliphatic carbocycles. The van der Waals surface area contributed by atoms with Crippen molar-refractivity contribution in [3.05, 3.63) is 69.8 Å². The first-order valence-electron chi connectivity index (χ1n) is 11.4. The molecule has 3 aromatic rings. The third-order valence-corrected chi connectivity index (χ3v) is 7.91. The lowest BCUT2D eigenvalue weighted by molar-refractivity contribution is -0.143. The van der Waals surface area contributed by atoms with E-state index in [1.54, 1.807) is 0 Å². The predicted octanol–water partition coefficient (Wildman–Crippen LogP) is 4.62. The number of alkyl halides is 6. The summed E-state index contributed by atoms with van der Waals surface area (Å²) in [5.74, 6) is -3.18. The van der Waals surface area contributed by atoms with Gasteiger partial charge in [-0.05, 0) is 53.2 Å². The third-order valence-electron chi connectivity index (χ3n) is 5.77. The number of rotatable bonds is 7. The lowest BCUT2D eigenvalue weighted by Gasteiger charge is -2.16. The summed E-state index contributed by atoms with van der Waals surface area (Å²) in [7, 11) is -4.02. The summed E-state index contributed by atoms with van der Waals surface area (Å²) in [6.07, 6.45) is -7.37. The van der Waals surface area contributed by atoms with Crippen LogP contribution in [0.4, 0.5) is 31.1 Å². The number of carbonyl (C=O) groups is 3. The van der Waals surface area contributed by atoms with Gasteiger partial charge in [0.05, 0.1) is 34.3 Å². The Hall–Kier alpha value is -3.86. The van der Waals surface area contributed by atoms with E-state index in [0.717, 1.165) is 13.0 Å². The topological polar surface area (TPSA) is 118 Å². The first-order chi connectivity index (χ1) is 18.9. The van der Waals surface area contributed by atoms with E-state index >= 15 is 0 Å². The van der Waals surface area contributed by atoms with E-state index in [0.29, 0.717) is 39.2 Å². The molecule has 0 atom stereocenters. The Balaban J connectivity index is 1.57. The number of sulfone groups is 1. The van der Waals surface area contributed by atoms with E-state index in [2.05, 4.69) is 10.4 Å². The minimum absolute atomic E-state index is 0.0528. The lowest BCUT2D eigenvalue weighted by Crippen LogP contribution is -2.38. The summed E-state index contributed by atoms with van der Waals surface area (Å²) >= 11 is 0.500. The van der Waals surface area contributed by atoms with Crippen LogP contribution >= 0.6 is 11.8 Å². The minimum Gasteiger partial charge on any atom is -0.342 e. The van der Waals surface area contributed by atoms with Gasteiger partial charge in [-0.1, -0.05) is 12.1 Å². The summed E-state index contributed by atoms with van der Waals surface area (Å²) < 4.78 is 105. The van der Waals surface area contributed by atoms with Crippen LogP contribution in [0.2, 0.25) is 0 Å². The van der Waals surface area contributed by atoms with Crippen LogP contribution in [-0.2, 0) is 38.3 Å². The van der Waals surface area contributed by atoms with Crippen LogP contribution < -0.4 is 5.32 Å². The van der Waals surface area contributed by atoms with Crippen molar-refractivity contribution in [1.82, 2.24) is 20.0 Å². The van der Waals surface area contributed by atoms with Crippen molar-refractivity contribution in [2.75, 3.05) is 11.8 Å². The Kier molecular flexibility index (Phi) is 7.97. The van der Waals surface area contributed by atoms with E-state index in [1.807, 2.05) is 0 Å². The number of thioether (sulfide) groups is 1. The van der Waals surface area contributed by atoms with Crippen molar-refractivity contribution in [1.29, 1.82) is 0 Å². The van der Waals surface area contributed by atoms with Crippen molar-refractivity contribution in [2.24, 2.45) is 0 Å². The Bertz CT molecular complexity index is 1700. The van der Waals surface area contributed by atoms with Crippen LogP contribution in [0.25, 0.3) is 17.0 Å². The summed E-state index contributed by atoms with van der Waals surface area (Å²) in [4.78, 5) is 36.4. The summed E-state index contributed by atoms with van der Waals surface area (Å²) in [5, 5.41) is 5.71. The summed E-state index contributed by atoms with van der Waals surface area (Å²) in [6.45, 7) is 0.620. The Morgan fingerprint density at radius 3 is 2.39 bits per heavy atom. The van der Waals surface area contributed by atoms with Crippen molar-refractivity contribution in [3.63, 3.8) is 0 Å². The molecule has 0 radical (unpaired) electrons. The molecule has 1 N–H and O–H groups in total. The van der Waals surface area contributed by atoms with Crippen molar-refractivity contribution in [3.8, 4) is 0 Å². The van der Waals surface area contributed by atoms with Crippen LogP contribution in [-0.4, -0.2) is 51.9 Å². The van der Waals surface area contributed by atoms with Gasteiger partial charge in [-0.15, -0.1) is 0 Å². The first-order valence-corrected chi connectivity index (χ1v) is 14.0. The lowest BCUT2D eigenvalue weighted by atomic mass is 10.0.